The summed E-state index contributed by atoms with van der Waals surface area (Å²) in [6, 6.07) is 5.32. The fraction of sp³-hybridized carbons (Fsp3) is 0.450. The topological polar surface area (TPSA) is 189 Å². The first kappa shape index (κ1) is 27.0. The molecular weight excluding hydrogens is 498 g/mol. The number of hydrogen-bond donors (Lipinski definition) is 5. The Kier molecular flexibility index (Phi) is 8.21. The van der Waals surface area contributed by atoms with E-state index in [1.165, 1.54) is 24.3 Å². The molecule has 0 radical (unpaired) electrons. The van der Waals surface area contributed by atoms with Crippen molar-refractivity contribution in [3.8, 4) is 5.88 Å². The number of hydrogen-bond acceptors (Lipinski definition) is 9. The number of carbonyl (C=O) groups excluding carboxylic acids is 2. The van der Waals surface area contributed by atoms with Gasteiger partial charge in [-0.1, -0.05) is 17.3 Å². The second kappa shape index (κ2) is 11.0. The van der Waals surface area contributed by atoms with E-state index >= 15 is 0 Å². The maximum atomic E-state index is 14.1. The van der Waals surface area contributed by atoms with Gasteiger partial charge in [-0.2, -0.15) is 18.1 Å². The highest BCUT2D eigenvalue weighted by molar-refractivity contribution is 5.96. The van der Waals surface area contributed by atoms with E-state index < -0.39 is 85.4 Å². The number of nitrogens with one attached hydrogen (secondary N) is 2. The summed E-state index contributed by atoms with van der Waals surface area (Å²) in [5.41, 5.74) is 3.57. The minimum absolute atomic E-state index is 0.114. The molecule has 3 unspecified atom stereocenters. The molecule has 1 saturated heterocycles. The number of nitrogens with two attached hydrogens (primary N) is 1. The lowest BCUT2D eigenvalue weighted by Crippen LogP contribution is -2.58. The van der Waals surface area contributed by atoms with Crippen molar-refractivity contribution in [3.63, 3.8) is 0 Å². The van der Waals surface area contributed by atoms with Gasteiger partial charge in [0.1, 0.15) is 30.6 Å². The number of aromatic nitrogens is 2. The average Bonchev–Trinajstić information content (AvgIpc) is 3.22. The van der Waals surface area contributed by atoms with Crippen molar-refractivity contribution in [2.75, 3.05) is 13.1 Å². The van der Waals surface area contributed by atoms with E-state index in [2.05, 4.69) is 15.6 Å². The number of aliphatic hydroxyl groups is 2. The summed E-state index contributed by atoms with van der Waals surface area (Å²) in [4.78, 5) is 33.3. The maximum absolute atomic E-state index is 14.1. The Labute approximate surface area is 199 Å². The summed E-state index contributed by atoms with van der Waals surface area (Å²) in [5.74, 6) is -2.05. The predicted molar refractivity (Wildman–Crippen MR) is 111 cm³/mol. The molecule has 1 aliphatic rings. The van der Waals surface area contributed by atoms with Crippen molar-refractivity contribution in [1.82, 2.24) is 15.5 Å². The predicted octanol–water partition coefficient (Wildman–Crippen LogP) is 0.164. The SMILES string of the molecule is NC(=O)CNC(=O)c1ccc(Cc2c(OC3OC(CN=O)[C@@H](F)C(O)[C@H]3O)n[nH]c2C(F)(F)F)cc1. The third-order valence-corrected chi connectivity index (χ3v) is 5.23. The smallest absolute Gasteiger partial charge is 0.433 e. The third-order valence-electron chi connectivity index (χ3n) is 5.23. The minimum atomic E-state index is -4.89. The molecule has 0 aliphatic carbocycles. The van der Waals surface area contributed by atoms with Gasteiger partial charge in [0.05, 0.1) is 12.1 Å². The quantitative estimate of drug-likeness (QED) is 0.229. The van der Waals surface area contributed by atoms with Gasteiger partial charge in [0.15, 0.2) is 6.17 Å². The fourth-order valence-electron chi connectivity index (χ4n) is 3.41. The van der Waals surface area contributed by atoms with Gasteiger partial charge in [-0.15, -0.1) is 5.10 Å². The maximum Gasteiger partial charge on any atom is 0.433 e. The van der Waals surface area contributed by atoms with Crippen LogP contribution in [0.4, 0.5) is 17.6 Å². The molecule has 0 saturated carbocycles. The molecule has 16 heteroatoms. The molecule has 5 atom stereocenters. The number of carbonyl (C=O) groups is 2. The van der Waals surface area contributed by atoms with E-state index in [0.29, 0.717) is 0 Å². The molecule has 12 nitrogen and oxygen atoms in total. The van der Waals surface area contributed by atoms with E-state index in [-0.39, 0.29) is 11.1 Å². The molecule has 3 rings (SSSR count). The number of amides is 2. The highest BCUT2D eigenvalue weighted by Crippen LogP contribution is 2.37. The monoisotopic (exact) mass is 519 g/mol. The number of rotatable bonds is 9. The zero-order chi connectivity index (χ0) is 26.6. The van der Waals surface area contributed by atoms with Crippen LogP contribution in [0.15, 0.2) is 29.4 Å². The molecule has 2 amide bonds. The molecule has 0 spiro atoms. The lowest BCUT2D eigenvalue weighted by atomic mass is 10.00. The van der Waals surface area contributed by atoms with Gasteiger partial charge in [-0.05, 0) is 17.7 Å². The number of nitroso groups, excluding NO2 is 1. The number of H-pyrrole nitrogens is 1. The van der Waals surface area contributed by atoms with E-state index in [1.54, 1.807) is 5.10 Å². The molecule has 1 aromatic carbocycles. The van der Waals surface area contributed by atoms with Crippen LogP contribution in [0.1, 0.15) is 27.2 Å². The standard InChI is InChI=1S/C20H21F4N5O7/c21-13-11(6-27-34)35-19(15(32)14(13)31)36-18-10(16(28-29-18)20(22,23)24)5-8-1-3-9(4-2-8)17(33)26-7-12(25)30/h1-4,11,13-15,19,31-32H,5-7H2,(H2,25,30)(H,26,33)(H,28,29)/t11?,13-,14?,15-,19?/m1/s1. The van der Waals surface area contributed by atoms with Crippen LogP contribution in [0.3, 0.4) is 0 Å². The lowest BCUT2D eigenvalue weighted by Gasteiger charge is -2.37. The first-order chi connectivity index (χ1) is 16.9. The van der Waals surface area contributed by atoms with Crippen LogP contribution in [0, 0.1) is 4.91 Å². The van der Waals surface area contributed by atoms with Crippen molar-refractivity contribution < 1.29 is 46.8 Å². The zero-order valence-corrected chi connectivity index (χ0v) is 18.2. The fourth-order valence-corrected chi connectivity index (χ4v) is 3.41. The number of aliphatic hydroxyl groups excluding tert-OH is 2. The van der Waals surface area contributed by atoms with Crippen molar-refractivity contribution in [1.29, 1.82) is 0 Å². The first-order valence-corrected chi connectivity index (χ1v) is 10.3. The average molecular weight is 519 g/mol. The van der Waals surface area contributed by atoms with Crippen LogP contribution in [-0.2, 0) is 22.1 Å². The van der Waals surface area contributed by atoms with E-state index in [9.17, 15) is 42.3 Å². The van der Waals surface area contributed by atoms with Crippen LogP contribution < -0.4 is 15.8 Å². The number of primary amides is 1. The van der Waals surface area contributed by atoms with Crippen LogP contribution in [0.25, 0.3) is 0 Å². The Balaban J connectivity index is 1.84. The first-order valence-electron chi connectivity index (χ1n) is 10.3. The van der Waals surface area contributed by atoms with Crippen LogP contribution in [-0.4, -0.2) is 76.1 Å². The Hall–Kier alpha value is -3.63. The van der Waals surface area contributed by atoms with Gasteiger partial charge >= 0.3 is 6.18 Å². The van der Waals surface area contributed by atoms with Gasteiger partial charge in [0.2, 0.25) is 18.1 Å². The number of aromatic amines is 1. The highest BCUT2D eigenvalue weighted by Gasteiger charge is 2.47. The van der Waals surface area contributed by atoms with Crippen molar-refractivity contribution in [2.24, 2.45) is 10.9 Å². The van der Waals surface area contributed by atoms with Crippen LogP contribution in [0.5, 0.6) is 5.88 Å². The summed E-state index contributed by atoms with van der Waals surface area (Å²) in [5, 5.41) is 30.0. The van der Waals surface area contributed by atoms with Crippen molar-refractivity contribution >= 4 is 11.8 Å². The lowest BCUT2D eigenvalue weighted by molar-refractivity contribution is -0.258. The Morgan fingerprint density at radius 3 is 2.47 bits per heavy atom. The van der Waals surface area contributed by atoms with Crippen molar-refractivity contribution in [3.05, 3.63) is 51.6 Å². The Morgan fingerprint density at radius 2 is 1.89 bits per heavy atom. The molecule has 2 heterocycles. The van der Waals surface area contributed by atoms with E-state index in [1.807, 2.05) is 0 Å². The molecule has 1 aliphatic heterocycles. The number of benzene rings is 1. The van der Waals surface area contributed by atoms with Gasteiger partial charge in [0, 0.05) is 12.0 Å². The van der Waals surface area contributed by atoms with Crippen LogP contribution in [0.2, 0.25) is 0 Å². The van der Waals surface area contributed by atoms with E-state index in [0.717, 1.165) is 0 Å². The van der Waals surface area contributed by atoms with Gasteiger partial charge in [-0.3, -0.25) is 14.7 Å². The normalized spacial score (nSPS) is 24.2. The van der Waals surface area contributed by atoms with Gasteiger partial charge < -0.3 is 30.7 Å². The summed E-state index contributed by atoms with van der Waals surface area (Å²) in [6.45, 7) is -1.15. The largest absolute Gasteiger partial charge is 0.443 e. The number of halogens is 4. The summed E-state index contributed by atoms with van der Waals surface area (Å²) < 4.78 is 65.2. The Bertz CT molecular complexity index is 1100. The van der Waals surface area contributed by atoms with Gasteiger partial charge in [-0.25, -0.2) is 4.39 Å². The molecule has 0 bridgehead atoms. The van der Waals surface area contributed by atoms with E-state index in [4.69, 9.17) is 15.2 Å². The number of alkyl halides is 4. The number of ether oxygens (including phenoxy) is 2. The molecule has 1 fully saturated rings. The zero-order valence-electron chi connectivity index (χ0n) is 18.2. The van der Waals surface area contributed by atoms with Crippen LogP contribution >= 0.6 is 0 Å². The summed E-state index contributed by atoms with van der Waals surface area (Å²) in [6.07, 6.45) is -15.0. The minimum Gasteiger partial charge on any atom is -0.443 e. The second-order valence-electron chi connectivity index (χ2n) is 7.80. The highest BCUT2D eigenvalue weighted by atomic mass is 19.4. The molecule has 1 aromatic heterocycles. The third kappa shape index (κ3) is 6.13. The summed E-state index contributed by atoms with van der Waals surface area (Å²) >= 11 is 0. The molecule has 6 N–H and O–H groups in total. The summed E-state index contributed by atoms with van der Waals surface area (Å²) in [7, 11) is 0. The second-order valence-corrected chi connectivity index (χ2v) is 7.80. The molecule has 2 aromatic rings. The molecular formula is C20H21F4N5O7. The van der Waals surface area contributed by atoms with Gasteiger partial charge in [0.25, 0.3) is 5.91 Å². The van der Waals surface area contributed by atoms with Crippen molar-refractivity contribution in [2.45, 2.75) is 43.4 Å². The molecule has 196 valence electrons. The molecule has 36 heavy (non-hydrogen) atoms. The number of nitrogens with zero attached hydrogens (tertiary/aromatic N) is 2. The Morgan fingerprint density at radius 1 is 1.22 bits per heavy atom.